The van der Waals surface area contributed by atoms with Gasteiger partial charge in [-0.25, -0.2) is 14.8 Å². The lowest BCUT2D eigenvalue weighted by Gasteiger charge is -1.91. The van der Waals surface area contributed by atoms with Crippen LogP contribution in [-0.4, -0.2) is 21.0 Å². The lowest BCUT2D eigenvalue weighted by Crippen LogP contribution is -1.94. The van der Waals surface area contributed by atoms with Gasteiger partial charge in [-0.3, -0.25) is 0 Å². The first kappa shape index (κ1) is 11.5. The fourth-order valence-corrected chi connectivity index (χ4v) is 1.88. The third-order valence-electron chi connectivity index (χ3n) is 2.73. The van der Waals surface area contributed by atoms with Crippen LogP contribution in [0, 0.1) is 13.8 Å². The number of aryl methyl sites for hydroxylation is 2. The molecule has 3 rings (SSSR count). The lowest BCUT2D eigenvalue weighted by molar-refractivity contribution is 0.0697. The number of oxazole rings is 2. The van der Waals surface area contributed by atoms with Crippen LogP contribution < -0.4 is 0 Å². The minimum absolute atomic E-state index is 0.153. The number of benzene rings is 1. The highest BCUT2D eigenvalue weighted by atomic mass is 16.4. The number of aromatic nitrogens is 2. The standard InChI is InChI=1S/C13H10N2O4/c1-6-11(18-7(2)14-6)12-15-9-4-3-8(13(16)17)5-10(9)19-12/h3-5H,1-2H3,(H,16,17). The summed E-state index contributed by atoms with van der Waals surface area (Å²) in [6, 6.07) is 4.52. The third kappa shape index (κ3) is 1.87. The van der Waals surface area contributed by atoms with Gasteiger partial charge in [0.25, 0.3) is 5.89 Å². The molecule has 19 heavy (non-hydrogen) atoms. The SMILES string of the molecule is Cc1nc(C)c(-c2nc3ccc(C(=O)O)cc3o2)o1. The normalized spacial score (nSPS) is 11.1. The molecule has 3 aromatic rings. The van der Waals surface area contributed by atoms with Gasteiger partial charge in [-0.1, -0.05) is 0 Å². The Morgan fingerprint density at radius 2 is 2.00 bits per heavy atom. The molecule has 96 valence electrons. The molecule has 0 radical (unpaired) electrons. The van der Waals surface area contributed by atoms with E-state index >= 15 is 0 Å². The van der Waals surface area contributed by atoms with E-state index in [1.54, 1.807) is 19.9 Å². The largest absolute Gasteiger partial charge is 0.478 e. The molecule has 6 heteroatoms. The van der Waals surface area contributed by atoms with Crippen LogP contribution in [0.2, 0.25) is 0 Å². The van der Waals surface area contributed by atoms with Crippen molar-refractivity contribution in [1.82, 2.24) is 9.97 Å². The second-order valence-corrected chi connectivity index (χ2v) is 4.15. The van der Waals surface area contributed by atoms with Crippen LogP contribution >= 0.6 is 0 Å². The first-order valence-corrected chi connectivity index (χ1v) is 5.63. The fourth-order valence-electron chi connectivity index (χ4n) is 1.88. The maximum Gasteiger partial charge on any atom is 0.335 e. The number of carbonyl (C=O) groups is 1. The maximum absolute atomic E-state index is 10.9. The Hall–Kier alpha value is -2.63. The number of hydrogen-bond donors (Lipinski definition) is 1. The zero-order valence-electron chi connectivity index (χ0n) is 10.3. The van der Waals surface area contributed by atoms with E-state index in [1.165, 1.54) is 12.1 Å². The predicted octanol–water partition coefficient (Wildman–Crippen LogP) is 2.80. The molecule has 0 aliphatic carbocycles. The van der Waals surface area contributed by atoms with Gasteiger partial charge >= 0.3 is 5.97 Å². The number of carboxylic acids is 1. The first-order chi connectivity index (χ1) is 9.04. The first-order valence-electron chi connectivity index (χ1n) is 5.63. The number of aromatic carboxylic acids is 1. The van der Waals surface area contributed by atoms with Gasteiger partial charge in [0, 0.05) is 6.92 Å². The van der Waals surface area contributed by atoms with E-state index < -0.39 is 5.97 Å². The summed E-state index contributed by atoms with van der Waals surface area (Å²) in [6.07, 6.45) is 0. The lowest BCUT2D eigenvalue weighted by atomic mass is 10.2. The van der Waals surface area contributed by atoms with Gasteiger partial charge in [-0.2, -0.15) is 0 Å². The van der Waals surface area contributed by atoms with E-state index in [4.69, 9.17) is 13.9 Å². The van der Waals surface area contributed by atoms with Crippen molar-refractivity contribution < 1.29 is 18.7 Å². The van der Waals surface area contributed by atoms with Crippen LogP contribution in [0.25, 0.3) is 22.8 Å². The molecule has 0 saturated heterocycles. The Morgan fingerprint density at radius 1 is 1.21 bits per heavy atom. The van der Waals surface area contributed by atoms with Crippen molar-refractivity contribution in [1.29, 1.82) is 0 Å². The quantitative estimate of drug-likeness (QED) is 0.760. The van der Waals surface area contributed by atoms with Crippen LogP contribution in [0.15, 0.2) is 27.0 Å². The van der Waals surface area contributed by atoms with Crippen LogP contribution in [0.1, 0.15) is 21.9 Å². The van der Waals surface area contributed by atoms with Gasteiger partial charge in [0.15, 0.2) is 11.5 Å². The van der Waals surface area contributed by atoms with Crippen molar-refractivity contribution in [2.75, 3.05) is 0 Å². The third-order valence-corrected chi connectivity index (χ3v) is 2.73. The zero-order valence-corrected chi connectivity index (χ0v) is 10.3. The summed E-state index contributed by atoms with van der Waals surface area (Å²) >= 11 is 0. The minimum Gasteiger partial charge on any atom is -0.478 e. The Kier molecular flexibility index (Phi) is 2.38. The highest BCUT2D eigenvalue weighted by Crippen LogP contribution is 2.27. The molecular formula is C13H10N2O4. The van der Waals surface area contributed by atoms with E-state index in [2.05, 4.69) is 9.97 Å². The number of fused-ring (bicyclic) bond motifs is 1. The molecule has 0 bridgehead atoms. The molecule has 2 aromatic heterocycles. The molecule has 0 amide bonds. The molecule has 1 aromatic carbocycles. The van der Waals surface area contributed by atoms with Crippen LogP contribution in [0.3, 0.4) is 0 Å². The summed E-state index contributed by atoms with van der Waals surface area (Å²) in [7, 11) is 0. The molecule has 1 N–H and O–H groups in total. The summed E-state index contributed by atoms with van der Waals surface area (Å²) in [4.78, 5) is 19.3. The van der Waals surface area contributed by atoms with E-state index in [0.717, 1.165) is 0 Å². The zero-order chi connectivity index (χ0) is 13.6. The average Bonchev–Trinajstić information content (AvgIpc) is 2.90. The predicted molar refractivity (Wildman–Crippen MR) is 65.9 cm³/mol. The average molecular weight is 258 g/mol. The summed E-state index contributed by atoms with van der Waals surface area (Å²) in [6.45, 7) is 3.53. The number of nitrogens with zero attached hydrogens (tertiary/aromatic N) is 2. The number of rotatable bonds is 2. The van der Waals surface area contributed by atoms with Crippen LogP contribution in [-0.2, 0) is 0 Å². The Balaban J connectivity index is 2.16. The fraction of sp³-hybridized carbons (Fsp3) is 0.154. The highest BCUT2D eigenvalue weighted by Gasteiger charge is 2.17. The van der Waals surface area contributed by atoms with Gasteiger partial charge in [0.2, 0.25) is 5.76 Å². The molecule has 0 fully saturated rings. The molecular weight excluding hydrogens is 248 g/mol. The van der Waals surface area contributed by atoms with Gasteiger partial charge < -0.3 is 13.9 Å². The second-order valence-electron chi connectivity index (χ2n) is 4.15. The highest BCUT2D eigenvalue weighted by molar-refractivity contribution is 5.92. The smallest absolute Gasteiger partial charge is 0.335 e. The minimum atomic E-state index is -1.01. The molecule has 0 saturated carbocycles. The van der Waals surface area contributed by atoms with Crippen LogP contribution in [0.4, 0.5) is 0 Å². The van der Waals surface area contributed by atoms with Crippen molar-refractivity contribution in [3.8, 4) is 11.7 Å². The Morgan fingerprint density at radius 3 is 2.63 bits per heavy atom. The molecule has 6 nitrogen and oxygen atoms in total. The van der Waals surface area contributed by atoms with E-state index in [-0.39, 0.29) is 5.56 Å². The van der Waals surface area contributed by atoms with Crippen molar-refractivity contribution in [3.63, 3.8) is 0 Å². The molecule has 0 spiro atoms. The molecule has 0 atom stereocenters. The summed E-state index contributed by atoms with van der Waals surface area (Å²) < 4.78 is 11.0. The Labute approximate surface area is 107 Å². The van der Waals surface area contributed by atoms with Crippen molar-refractivity contribution in [2.45, 2.75) is 13.8 Å². The van der Waals surface area contributed by atoms with Crippen molar-refractivity contribution in [3.05, 3.63) is 35.3 Å². The van der Waals surface area contributed by atoms with Gasteiger partial charge in [-0.05, 0) is 25.1 Å². The maximum atomic E-state index is 10.9. The number of hydrogen-bond acceptors (Lipinski definition) is 5. The monoisotopic (exact) mass is 258 g/mol. The van der Waals surface area contributed by atoms with Gasteiger partial charge in [0.1, 0.15) is 5.52 Å². The number of carboxylic acid groups (broad SMARTS) is 1. The summed E-state index contributed by atoms with van der Waals surface area (Å²) in [5, 5.41) is 8.92. The van der Waals surface area contributed by atoms with E-state index in [9.17, 15) is 4.79 Å². The van der Waals surface area contributed by atoms with Crippen LogP contribution in [0.5, 0.6) is 0 Å². The topological polar surface area (TPSA) is 89.4 Å². The van der Waals surface area contributed by atoms with Crippen molar-refractivity contribution in [2.24, 2.45) is 0 Å². The van der Waals surface area contributed by atoms with Gasteiger partial charge in [0.05, 0.1) is 11.3 Å². The molecule has 2 heterocycles. The molecule has 0 aliphatic heterocycles. The summed E-state index contributed by atoms with van der Waals surface area (Å²) in [5.74, 6) is 0.286. The van der Waals surface area contributed by atoms with Crippen molar-refractivity contribution >= 4 is 17.1 Å². The second kappa shape index (κ2) is 3.94. The van der Waals surface area contributed by atoms with Gasteiger partial charge in [-0.15, -0.1) is 0 Å². The Bertz CT molecular complexity index is 785. The van der Waals surface area contributed by atoms with E-state index in [0.29, 0.717) is 34.3 Å². The van der Waals surface area contributed by atoms with E-state index in [1.807, 2.05) is 0 Å². The molecule has 0 aliphatic rings. The molecule has 0 unspecified atom stereocenters. The summed E-state index contributed by atoms with van der Waals surface area (Å²) in [5.41, 5.74) is 1.82.